The summed E-state index contributed by atoms with van der Waals surface area (Å²) in [5.74, 6) is 1.42. The zero-order chi connectivity index (χ0) is 24.9. The van der Waals surface area contributed by atoms with Crippen LogP contribution >= 0.6 is 0 Å². The van der Waals surface area contributed by atoms with Crippen LogP contribution in [-0.2, 0) is 0 Å². The molecule has 1 aliphatic carbocycles. The minimum Gasteiger partial charge on any atom is -0.294 e. The molecule has 2 aromatic rings. The summed E-state index contributed by atoms with van der Waals surface area (Å²) in [6, 6.07) is 13.4. The van der Waals surface area contributed by atoms with Gasteiger partial charge in [-0.1, -0.05) is 114 Å². The number of ketones is 1. The number of unbranched alkanes of at least 4 members (excludes halogenated alkanes) is 8. The summed E-state index contributed by atoms with van der Waals surface area (Å²) in [5, 5.41) is 0. The summed E-state index contributed by atoms with van der Waals surface area (Å²) in [6.45, 7) is 4.50. The van der Waals surface area contributed by atoms with E-state index in [0.29, 0.717) is 17.9 Å². The number of hydrogen-bond acceptors (Lipinski definition) is 1. The maximum absolute atomic E-state index is 15.1. The van der Waals surface area contributed by atoms with Crippen molar-refractivity contribution in [2.24, 2.45) is 5.92 Å². The number of hydrogen-bond donors (Lipinski definition) is 0. The topological polar surface area (TPSA) is 17.1 Å². The molecule has 0 atom stereocenters. The molecule has 0 unspecified atom stereocenters. The van der Waals surface area contributed by atoms with Crippen molar-refractivity contribution in [2.75, 3.05) is 0 Å². The first-order chi connectivity index (χ1) is 17.1. The highest BCUT2D eigenvalue weighted by Crippen LogP contribution is 2.39. The van der Waals surface area contributed by atoms with Crippen molar-refractivity contribution in [3.05, 3.63) is 59.4 Å². The Morgan fingerprint density at radius 1 is 0.771 bits per heavy atom. The molecule has 0 heterocycles. The molecule has 0 amide bonds. The van der Waals surface area contributed by atoms with Crippen LogP contribution in [0.2, 0.25) is 0 Å². The number of carbonyl (C=O) groups is 1. The van der Waals surface area contributed by atoms with Crippen LogP contribution in [-0.4, -0.2) is 5.78 Å². The molecule has 0 saturated heterocycles. The molecular formula is C33H47FO. The van der Waals surface area contributed by atoms with Gasteiger partial charge in [0.15, 0.2) is 5.78 Å². The summed E-state index contributed by atoms with van der Waals surface area (Å²) >= 11 is 0. The first kappa shape index (κ1) is 27.6. The Kier molecular flexibility index (Phi) is 12.0. The highest BCUT2D eigenvalue weighted by atomic mass is 19.1. The van der Waals surface area contributed by atoms with E-state index in [4.69, 9.17) is 0 Å². The van der Waals surface area contributed by atoms with Gasteiger partial charge in [0.05, 0.1) is 0 Å². The molecule has 1 saturated carbocycles. The van der Waals surface area contributed by atoms with Gasteiger partial charge in [-0.15, -0.1) is 0 Å². The van der Waals surface area contributed by atoms with Gasteiger partial charge in [0.1, 0.15) is 5.82 Å². The van der Waals surface area contributed by atoms with Crippen molar-refractivity contribution < 1.29 is 9.18 Å². The second-order valence-corrected chi connectivity index (χ2v) is 10.8. The average molecular weight is 479 g/mol. The lowest BCUT2D eigenvalue weighted by Crippen LogP contribution is -2.13. The van der Waals surface area contributed by atoms with Gasteiger partial charge in [0.2, 0.25) is 0 Å². The molecule has 2 heteroatoms. The molecular weight excluding hydrogens is 431 g/mol. The molecule has 2 aromatic carbocycles. The van der Waals surface area contributed by atoms with Crippen LogP contribution in [0.5, 0.6) is 0 Å². The van der Waals surface area contributed by atoms with Gasteiger partial charge in [-0.2, -0.15) is 0 Å². The lowest BCUT2D eigenvalue weighted by Gasteiger charge is -2.29. The molecule has 192 valence electrons. The minimum atomic E-state index is -0.144. The van der Waals surface area contributed by atoms with Gasteiger partial charge in [-0.3, -0.25) is 4.79 Å². The van der Waals surface area contributed by atoms with Crippen LogP contribution in [0.1, 0.15) is 138 Å². The smallest absolute Gasteiger partial charge is 0.162 e. The van der Waals surface area contributed by atoms with Gasteiger partial charge in [-0.25, -0.2) is 4.39 Å². The van der Waals surface area contributed by atoms with Gasteiger partial charge in [0.25, 0.3) is 0 Å². The maximum atomic E-state index is 15.1. The third kappa shape index (κ3) is 8.89. The number of benzene rings is 2. The van der Waals surface area contributed by atoms with Crippen LogP contribution in [0.4, 0.5) is 4.39 Å². The molecule has 1 fully saturated rings. The summed E-state index contributed by atoms with van der Waals surface area (Å²) in [6.07, 6.45) is 19.4. The Morgan fingerprint density at radius 3 is 2.06 bits per heavy atom. The van der Waals surface area contributed by atoms with Crippen molar-refractivity contribution in [1.29, 1.82) is 0 Å². The Hall–Kier alpha value is -1.96. The molecule has 0 radical (unpaired) electrons. The summed E-state index contributed by atoms with van der Waals surface area (Å²) in [5.41, 5.74) is 3.38. The summed E-state index contributed by atoms with van der Waals surface area (Å²) < 4.78 is 15.1. The van der Waals surface area contributed by atoms with E-state index in [-0.39, 0.29) is 11.6 Å². The van der Waals surface area contributed by atoms with Crippen LogP contribution in [0, 0.1) is 11.7 Å². The van der Waals surface area contributed by atoms with Crippen molar-refractivity contribution >= 4 is 5.78 Å². The number of Topliss-reactive ketones (excluding diaryl/α,β-unsaturated/α-hetero) is 1. The van der Waals surface area contributed by atoms with Gasteiger partial charge in [-0.05, 0) is 61.1 Å². The molecule has 0 spiro atoms. The average Bonchev–Trinajstić information content (AvgIpc) is 2.89. The van der Waals surface area contributed by atoms with E-state index in [0.717, 1.165) is 35.4 Å². The van der Waals surface area contributed by atoms with E-state index in [2.05, 4.69) is 19.9 Å². The van der Waals surface area contributed by atoms with Gasteiger partial charge in [0, 0.05) is 17.5 Å². The first-order valence-electron chi connectivity index (χ1n) is 14.6. The molecule has 1 aliphatic rings. The molecule has 0 N–H and O–H groups in total. The van der Waals surface area contributed by atoms with Crippen LogP contribution in [0.3, 0.4) is 0 Å². The van der Waals surface area contributed by atoms with Gasteiger partial charge >= 0.3 is 0 Å². The monoisotopic (exact) mass is 478 g/mol. The predicted molar refractivity (Wildman–Crippen MR) is 148 cm³/mol. The largest absolute Gasteiger partial charge is 0.294 e. The number of halogens is 1. The molecule has 0 bridgehead atoms. The van der Waals surface area contributed by atoms with Crippen molar-refractivity contribution in [2.45, 2.75) is 122 Å². The molecule has 3 rings (SSSR count). The molecule has 1 nitrogen and oxygen atoms in total. The normalized spacial score (nSPS) is 18.0. The molecule has 0 aliphatic heterocycles. The molecule has 0 aromatic heterocycles. The summed E-state index contributed by atoms with van der Waals surface area (Å²) in [4.78, 5) is 12.5. The third-order valence-electron chi connectivity index (χ3n) is 8.05. The standard InChI is InChI=1S/C33H47FO/c1-3-5-7-8-9-10-12-14-33(35)29-21-19-28(20-22-29)31-24-23-30(25-32(31)34)27-17-15-26(16-18-27)13-11-6-4-2/h19-27H,3-18H2,1-2H3. The first-order valence-corrected chi connectivity index (χ1v) is 14.6. The zero-order valence-corrected chi connectivity index (χ0v) is 22.3. The number of rotatable bonds is 15. The van der Waals surface area contributed by atoms with E-state index in [9.17, 15) is 4.79 Å². The fourth-order valence-corrected chi connectivity index (χ4v) is 5.71. The Morgan fingerprint density at radius 2 is 1.40 bits per heavy atom. The van der Waals surface area contributed by atoms with E-state index < -0.39 is 0 Å². The Bertz CT molecular complexity index is 876. The summed E-state index contributed by atoms with van der Waals surface area (Å²) in [7, 11) is 0. The zero-order valence-electron chi connectivity index (χ0n) is 22.3. The highest BCUT2D eigenvalue weighted by Gasteiger charge is 2.23. The van der Waals surface area contributed by atoms with E-state index in [1.807, 2.05) is 30.3 Å². The van der Waals surface area contributed by atoms with Crippen molar-refractivity contribution in [3.8, 4) is 11.1 Å². The highest BCUT2D eigenvalue weighted by molar-refractivity contribution is 5.96. The second-order valence-electron chi connectivity index (χ2n) is 10.8. The quantitative estimate of drug-likeness (QED) is 0.184. The fourth-order valence-electron chi connectivity index (χ4n) is 5.71. The van der Waals surface area contributed by atoms with Gasteiger partial charge < -0.3 is 0 Å². The molecule has 35 heavy (non-hydrogen) atoms. The second kappa shape index (κ2) is 15.2. The van der Waals surface area contributed by atoms with Crippen LogP contribution < -0.4 is 0 Å². The van der Waals surface area contributed by atoms with Crippen LogP contribution in [0.25, 0.3) is 11.1 Å². The van der Waals surface area contributed by atoms with E-state index in [1.165, 1.54) is 83.5 Å². The SMILES string of the molecule is CCCCCCCCCC(=O)c1ccc(-c2ccc(C3CCC(CCCCC)CC3)cc2F)cc1. The number of carbonyl (C=O) groups excluding carboxylic acids is 1. The fraction of sp³-hybridized carbons (Fsp3) is 0.606. The van der Waals surface area contributed by atoms with Crippen molar-refractivity contribution in [1.82, 2.24) is 0 Å². The van der Waals surface area contributed by atoms with Crippen molar-refractivity contribution in [3.63, 3.8) is 0 Å². The lowest BCUT2D eigenvalue weighted by molar-refractivity contribution is 0.0979. The lowest BCUT2D eigenvalue weighted by atomic mass is 9.77. The van der Waals surface area contributed by atoms with Crippen LogP contribution in [0.15, 0.2) is 42.5 Å². The Balaban J connectivity index is 1.48. The maximum Gasteiger partial charge on any atom is 0.162 e. The van der Waals surface area contributed by atoms with E-state index >= 15 is 4.39 Å². The Labute approximate surface area is 213 Å². The third-order valence-corrected chi connectivity index (χ3v) is 8.05. The predicted octanol–water partition coefficient (Wildman–Crippen LogP) is 10.7. The van der Waals surface area contributed by atoms with E-state index in [1.54, 1.807) is 6.07 Å². The minimum absolute atomic E-state index is 0.144.